The third-order valence-corrected chi connectivity index (χ3v) is 3.30. The second kappa shape index (κ2) is 6.67. The van der Waals surface area contributed by atoms with Crippen LogP contribution in [0, 0.1) is 6.92 Å². The average molecular weight is 295 g/mol. The molecular weight excluding hydrogens is 276 g/mol. The van der Waals surface area contributed by atoms with Crippen LogP contribution >= 0.6 is 0 Å². The Morgan fingerprint density at radius 2 is 2.14 bits per heavy atom. The summed E-state index contributed by atoms with van der Waals surface area (Å²) in [5, 5.41) is 7.64. The minimum absolute atomic E-state index is 0.0193. The van der Waals surface area contributed by atoms with Gasteiger partial charge in [0.05, 0.1) is 5.69 Å². The summed E-state index contributed by atoms with van der Waals surface area (Å²) in [4.78, 5) is 0. The number of aromatic nitrogens is 2. The van der Waals surface area contributed by atoms with E-state index in [2.05, 4.69) is 15.2 Å². The quantitative estimate of drug-likeness (QED) is 0.889. The number of hydrogen-bond donors (Lipinski definition) is 1. The number of nitrogens with zero attached hydrogens (tertiary/aromatic N) is 2. The van der Waals surface area contributed by atoms with Crippen molar-refractivity contribution < 1.29 is 13.5 Å². The van der Waals surface area contributed by atoms with E-state index in [0.29, 0.717) is 6.54 Å². The molecule has 1 unspecified atom stereocenters. The van der Waals surface area contributed by atoms with E-state index in [1.54, 1.807) is 16.8 Å². The second-order valence-electron chi connectivity index (χ2n) is 4.97. The molecule has 114 valence electrons. The van der Waals surface area contributed by atoms with E-state index in [0.717, 1.165) is 16.8 Å². The summed E-state index contributed by atoms with van der Waals surface area (Å²) < 4.78 is 30.6. The van der Waals surface area contributed by atoms with Crippen LogP contribution in [-0.2, 0) is 13.6 Å². The zero-order chi connectivity index (χ0) is 15.4. The van der Waals surface area contributed by atoms with Gasteiger partial charge in [0, 0.05) is 31.4 Å². The zero-order valence-corrected chi connectivity index (χ0v) is 12.3. The van der Waals surface area contributed by atoms with Gasteiger partial charge in [0.1, 0.15) is 5.75 Å². The van der Waals surface area contributed by atoms with E-state index in [-0.39, 0.29) is 11.8 Å². The lowest BCUT2D eigenvalue weighted by Gasteiger charge is -2.15. The maximum Gasteiger partial charge on any atom is 0.387 e. The van der Waals surface area contributed by atoms with Crippen LogP contribution in [0.5, 0.6) is 5.75 Å². The predicted octanol–water partition coefficient (Wildman–Crippen LogP) is 3.18. The first-order chi connectivity index (χ1) is 9.95. The zero-order valence-electron chi connectivity index (χ0n) is 12.3. The first-order valence-electron chi connectivity index (χ1n) is 6.73. The Labute approximate surface area is 122 Å². The van der Waals surface area contributed by atoms with Crippen molar-refractivity contribution in [1.29, 1.82) is 0 Å². The molecule has 0 saturated heterocycles. The molecule has 4 nitrogen and oxygen atoms in total. The van der Waals surface area contributed by atoms with Crippen LogP contribution < -0.4 is 10.1 Å². The molecule has 0 spiro atoms. The summed E-state index contributed by atoms with van der Waals surface area (Å²) in [6.07, 6.45) is 1.96. The molecule has 0 fully saturated rings. The molecule has 0 bridgehead atoms. The summed E-state index contributed by atoms with van der Waals surface area (Å²) in [7, 11) is 1.88. The number of halogens is 2. The fourth-order valence-electron chi connectivity index (χ4n) is 2.16. The van der Waals surface area contributed by atoms with E-state index < -0.39 is 6.61 Å². The Balaban J connectivity index is 1.99. The molecule has 0 saturated carbocycles. The number of alkyl halides is 2. The molecule has 21 heavy (non-hydrogen) atoms. The predicted molar refractivity (Wildman–Crippen MR) is 76.3 cm³/mol. The van der Waals surface area contributed by atoms with Crippen molar-refractivity contribution in [2.45, 2.75) is 33.0 Å². The standard InChI is InChI=1S/C15H19F2N3O/c1-10(18-8-13-9-20(3)19-11(13)2)12-5-4-6-14(7-12)21-15(16)17/h4-7,9-10,15,18H,8H2,1-3H3. The van der Waals surface area contributed by atoms with Gasteiger partial charge in [-0.15, -0.1) is 0 Å². The van der Waals surface area contributed by atoms with Gasteiger partial charge in [-0.2, -0.15) is 13.9 Å². The molecule has 0 aliphatic heterocycles. The molecule has 1 aromatic heterocycles. The lowest BCUT2D eigenvalue weighted by molar-refractivity contribution is -0.0499. The Morgan fingerprint density at radius 1 is 1.38 bits per heavy atom. The molecule has 0 aliphatic carbocycles. The molecule has 0 amide bonds. The Bertz CT molecular complexity index is 598. The highest BCUT2D eigenvalue weighted by Gasteiger charge is 2.10. The maximum absolute atomic E-state index is 12.2. The first kappa shape index (κ1) is 15.4. The number of hydrogen-bond acceptors (Lipinski definition) is 3. The lowest BCUT2D eigenvalue weighted by atomic mass is 10.1. The van der Waals surface area contributed by atoms with Crippen molar-refractivity contribution in [1.82, 2.24) is 15.1 Å². The maximum atomic E-state index is 12.2. The summed E-state index contributed by atoms with van der Waals surface area (Å²) in [5.41, 5.74) is 2.99. The van der Waals surface area contributed by atoms with Gasteiger partial charge in [-0.05, 0) is 31.5 Å². The number of aryl methyl sites for hydroxylation is 2. The Hall–Kier alpha value is -1.95. The molecule has 2 rings (SSSR count). The first-order valence-corrected chi connectivity index (χ1v) is 6.73. The van der Waals surface area contributed by atoms with Crippen LogP contribution in [0.25, 0.3) is 0 Å². The molecule has 1 heterocycles. The smallest absolute Gasteiger partial charge is 0.387 e. The van der Waals surface area contributed by atoms with Gasteiger partial charge in [-0.3, -0.25) is 4.68 Å². The second-order valence-corrected chi connectivity index (χ2v) is 4.97. The number of rotatable bonds is 6. The topological polar surface area (TPSA) is 39.1 Å². The van der Waals surface area contributed by atoms with Crippen LogP contribution in [0.2, 0.25) is 0 Å². The highest BCUT2D eigenvalue weighted by atomic mass is 19.3. The normalized spacial score (nSPS) is 12.7. The fraction of sp³-hybridized carbons (Fsp3) is 0.400. The van der Waals surface area contributed by atoms with Crippen LogP contribution in [0.15, 0.2) is 30.5 Å². The molecular formula is C15H19F2N3O. The van der Waals surface area contributed by atoms with Gasteiger partial charge < -0.3 is 10.1 Å². The Kier molecular flexibility index (Phi) is 4.90. The molecule has 6 heteroatoms. The average Bonchev–Trinajstić information content (AvgIpc) is 2.74. The van der Waals surface area contributed by atoms with Gasteiger partial charge in [0.25, 0.3) is 0 Å². The van der Waals surface area contributed by atoms with E-state index in [1.807, 2.05) is 33.2 Å². The van der Waals surface area contributed by atoms with Crippen LogP contribution in [0.1, 0.15) is 29.8 Å². The minimum Gasteiger partial charge on any atom is -0.435 e. The van der Waals surface area contributed by atoms with Crippen molar-refractivity contribution in [3.05, 3.63) is 47.3 Å². The van der Waals surface area contributed by atoms with Crippen LogP contribution in [0.3, 0.4) is 0 Å². The monoisotopic (exact) mass is 295 g/mol. The summed E-state index contributed by atoms with van der Waals surface area (Å²) in [6.45, 7) is 1.80. The van der Waals surface area contributed by atoms with Gasteiger partial charge in [0.15, 0.2) is 0 Å². The number of benzene rings is 1. The van der Waals surface area contributed by atoms with Crippen LogP contribution in [-0.4, -0.2) is 16.4 Å². The highest BCUT2D eigenvalue weighted by Crippen LogP contribution is 2.21. The minimum atomic E-state index is -2.80. The van der Waals surface area contributed by atoms with Gasteiger partial charge in [0.2, 0.25) is 0 Å². The summed E-state index contributed by atoms with van der Waals surface area (Å²) in [6, 6.07) is 6.76. The van der Waals surface area contributed by atoms with Gasteiger partial charge in [-0.25, -0.2) is 0 Å². The third-order valence-electron chi connectivity index (χ3n) is 3.30. The number of nitrogens with one attached hydrogen (secondary N) is 1. The van der Waals surface area contributed by atoms with Crippen molar-refractivity contribution in [2.24, 2.45) is 7.05 Å². The van der Waals surface area contributed by atoms with Crippen LogP contribution in [0.4, 0.5) is 8.78 Å². The van der Waals surface area contributed by atoms with Gasteiger partial charge in [-0.1, -0.05) is 12.1 Å². The van der Waals surface area contributed by atoms with Gasteiger partial charge >= 0.3 is 6.61 Å². The highest BCUT2D eigenvalue weighted by molar-refractivity contribution is 5.30. The molecule has 1 aromatic carbocycles. The molecule has 1 atom stereocenters. The van der Waals surface area contributed by atoms with E-state index in [4.69, 9.17) is 0 Å². The largest absolute Gasteiger partial charge is 0.435 e. The molecule has 0 aliphatic rings. The lowest BCUT2D eigenvalue weighted by Crippen LogP contribution is -2.18. The SMILES string of the molecule is Cc1nn(C)cc1CNC(C)c1cccc(OC(F)F)c1. The summed E-state index contributed by atoms with van der Waals surface area (Å²) in [5.74, 6) is 0.175. The third kappa shape index (κ3) is 4.26. The molecule has 2 aromatic rings. The van der Waals surface area contributed by atoms with Crippen molar-refractivity contribution in [3.8, 4) is 5.75 Å². The number of ether oxygens (including phenoxy) is 1. The van der Waals surface area contributed by atoms with Crippen molar-refractivity contribution in [3.63, 3.8) is 0 Å². The van der Waals surface area contributed by atoms with E-state index >= 15 is 0 Å². The van der Waals surface area contributed by atoms with Crippen molar-refractivity contribution in [2.75, 3.05) is 0 Å². The fourth-order valence-corrected chi connectivity index (χ4v) is 2.16. The van der Waals surface area contributed by atoms with Crippen molar-refractivity contribution >= 4 is 0 Å². The van der Waals surface area contributed by atoms with E-state index in [9.17, 15) is 8.78 Å². The molecule has 1 N–H and O–H groups in total. The summed E-state index contributed by atoms with van der Waals surface area (Å²) >= 11 is 0. The Morgan fingerprint density at radius 3 is 2.76 bits per heavy atom. The van der Waals surface area contributed by atoms with E-state index in [1.165, 1.54) is 6.07 Å². The molecule has 0 radical (unpaired) electrons.